The maximum atomic E-state index is 10.9. The first-order valence-electron chi connectivity index (χ1n) is 6.08. The van der Waals surface area contributed by atoms with Crippen LogP contribution < -0.4 is 4.74 Å². The van der Waals surface area contributed by atoms with E-state index in [0.717, 1.165) is 4.47 Å². The summed E-state index contributed by atoms with van der Waals surface area (Å²) < 4.78 is 7.79. The number of rotatable bonds is 5. The van der Waals surface area contributed by atoms with Crippen molar-refractivity contribution in [3.63, 3.8) is 0 Å². The summed E-state index contributed by atoms with van der Waals surface area (Å²) in [6, 6.07) is 7.10. The quantitative estimate of drug-likeness (QED) is 0.610. The van der Waals surface area contributed by atoms with Crippen molar-refractivity contribution in [2.45, 2.75) is 20.1 Å². The van der Waals surface area contributed by atoms with Crippen LogP contribution in [0.25, 0.3) is 0 Å². The number of nitriles is 1. The zero-order valence-electron chi connectivity index (χ0n) is 11.1. The lowest BCUT2D eigenvalue weighted by atomic mass is 10.2. The van der Waals surface area contributed by atoms with Crippen LogP contribution in [0.5, 0.6) is 5.75 Å². The molecule has 7 nitrogen and oxygen atoms in total. The Morgan fingerprint density at radius 2 is 2.33 bits per heavy atom. The minimum atomic E-state index is -0.486. The number of halogens is 1. The molecule has 0 amide bonds. The SMILES string of the molecule is CCn1c([N+](=O)[O-])cnc1COc1ccc(Br)cc1C#N. The molecule has 1 heterocycles. The molecule has 0 saturated carbocycles. The maximum absolute atomic E-state index is 10.9. The first-order chi connectivity index (χ1) is 10.1. The van der Waals surface area contributed by atoms with Gasteiger partial charge < -0.3 is 14.9 Å². The molecule has 0 spiro atoms. The lowest BCUT2D eigenvalue weighted by Crippen LogP contribution is -2.08. The van der Waals surface area contributed by atoms with E-state index in [1.165, 1.54) is 10.8 Å². The number of benzene rings is 1. The van der Waals surface area contributed by atoms with Gasteiger partial charge in [0.2, 0.25) is 5.82 Å². The number of nitrogens with zero attached hydrogens (tertiary/aromatic N) is 4. The number of hydrogen-bond donors (Lipinski definition) is 0. The average molecular weight is 351 g/mol. The Labute approximate surface area is 129 Å². The molecule has 0 unspecified atom stereocenters. The van der Waals surface area contributed by atoms with Crippen molar-refractivity contribution in [1.82, 2.24) is 9.55 Å². The molecule has 0 radical (unpaired) electrons. The second kappa shape index (κ2) is 6.37. The monoisotopic (exact) mass is 350 g/mol. The lowest BCUT2D eigenvalue weighted by molar-refractivity contribution is -0.392. The van der Waals surface area contributed by atoms with Gasteiger partial charge in [-0.05, 0) is 30.0 Å². The van der Waals surface area contributed by atoms with Gasteiger partial charge in [-0.2, -0.15) is 5.26 Å². The molecule has 0 N–H and O–H groups in total. The Bertz CT molecular complexity index is 721. The highest BCUT2D eigenvalue weighted by Crippen LogP contribution is 2.24. The van der Waals surface area contributed by atoms with Gasteiger partial charge in [-0.1, -0.05) is 15.9 Å². The van der Waals surface area contributed by atoms with Crippen LogP contribution in [0.2, 0.25) is 0 Å². The molecule has 2 aromatic rings. The first-order valence-corrected chi connectivity index (χ1v) is 6.87. The van der Waals surface area contributed by atoms with E-state index in [1.807, 2.05) is 6.07 Å². The highest BCUT2D eigenvalue weighted by Gasteiger charge is 2.19. The third kappa shape index (κ3) is 3.20. The molecule has 0 fully saturated rings. The summed E-state index contributed by atoms with van der Waals surface area (Å²) in [6.07, 6.45) is 1.20. The topological polar surface area (TPSA) is 94.0 Å². The van der Waals surface area contributed by atoms with Crippen molar-refractivity contribution in [3.05, 3.63) is 50.4 Å². The van der Waals surface area contributed by atoms with Gasteiger partial charge in [0.25, 0.3) is 0 Å². The zero-order valence-corrected chi connectivity index (χ0v) is 12.7. The predicted molar refractivity (Wildman–Crippen MR) is 77.7 cm³/mol. The Kier molecular flexibility index (Phi) is 4.55. The van der Waals surface area contributed by atoms with Crippen LogP contribution in [-0.4, -0.2) is 14.5 Å². The van der Waals surface area contributed by atoms with E-state index >= 15 is 0 Å². The summed E-state index contributed by atoms with van der Waals surface area (Å²) >= 11 is 3.28. The fraction of sp³-hybridized carbons (Fsp3) is 0.231. The summed E-state index contributed by atoms with van der Waals surface area (Å²) in [5.74, 6) is 0.775. The largest absolute Gasteiger partial charge is 0.482 e. The molecule has 1 aromatic carbocycles. The van der Waals surface area contributed by atoms with Crippen molar-refractivity contribution in [3.8, 4) is 11.8 Å². The lowest BCUT2D eigenvalue weighted by Gasteiger charge is -2.07. The molecule has 21 heavy (non-hydrogen) atoms. The smallest absolute Gasteiger partial charge is 0.342 e. The highest BCUT2D eigenvalue weighted by molar-refractivity contribution is 9.10. The second-order valence-corrected chi connectivity index (χ2v) is 4.99. The van der Waals surface area contributed by atoms with E-state index in [2.05, 4.69) is 20.9 Å². The van der Waals surface area contributed by atoms with Crippen molar-refractivity contribution in [2.24, 2.45) is 0 Å². The average Bonchev–Trinajstić information content (AvgIpc) is 2.88. The van der Waals surface area contributed by atoms with Crippen molar-refractivity contribution >= 4 is 21.7 Å². The van der Waals surface area contributed by atoms with Gasteiger partial charge in [0.15, 0.2) is 6.61 Å². The summed E-state index contributed by atoms with van der Waals surface area (Å²) in [5, 5.41) is 19.9. The number of imidazole rings is 1. The molecule has 1 aromatic heterocycles. The van der Waals surface area contributed by atoms with Gasteiger partial charge in [-0.15, -0.1) is 0 Å². The normalized spacial score (nSPS) is 10.1. The van der Waals surface area contributed by atoms with E-state index in [0.29, 0.717) is 23.7 Å². The van der Waals surface area contributed by atoms with Gasteiger partial charge in [0.1, 0.15) is 18.0 Å². The van der Waals surface area contributed by atoms with Crippen LogP contribution in [0, 0.1) is 21.4 Å². The predicted octanol–water partition coefficient (Wildman–Crippen LogP) is 3.02. The van der Waals surface area contributed by atoms with E-state index in [-0.39, 0.29) is 12.4 Å². The van der Waals surface area contributed by atoms with Gasteiger partial charge in [-0.25, -0.2) is 9.55 Å². The van der Waals surface area contributed by atoms with Gasteiger partial charge in [-0.3, -0.25) is 0 Å². The Morgan fingerprint density at radius 3 is 2.95 bits per heavy atom. The van der Waals surface area contributed by atoms with Crippen LogP contribution in [0.15, 0.2) is 28.9 Å². The zero-order chi connectivity index (χ0) is 15.4. The molecular weight excluding hydrogens is 340 g/mol. The van der Waals surface area contributed by atoms with E-state index < -0.39 is 4.92 Å². The van der Waals surface area contributed by atoms with Crippen LogP contribution in [0.1, 0.15) is 18.3 Å². The van der Waals surface area contributed by atoms with Crippen molar-refractivity contribution < 1.29 is 9.66 Å². The Hall–Kier alpha value is -2.40. The summed E-state index contributed by atoms with van der Waals surface area (Å²) in [5.41, 5.74) is 0.383. The Balaban J connectivity index is 2.21. The molecule has 108 valence electrons. The minimum absolute atomic E-state index is 0.0536. The van der Waals surface area contributed by atoms with Gasteiger partial charge in [0, 0.05) is 4.47 Å². The maximum Gasteiger partial charge on any atom is 0.342 e. The van der Waals surface area contributed by atoms with E-state index in [9.17, 15) is 10.1 Å². The first kappa shape index (κ1) is 15.0. The van der Waals surface area contributed by atoms with E-state index in [4.69, 9.17) is 10.00 Å². The summed E-state index contributed by atoms with van der Waals surface area (Å²) in [4.78, 5) is 14.4. The summed E-state index contributed by atoms with van der Waals surface area (Å²) in [7, 11) is 0. The molecule has 0 atom stereocenters. The molecule has 8 heteroatoms. The third-order valence-corrected chi connectivity index (χ3v) is 3.33. The molecule has 0 bridgehead atoms. The number of aromatic nitrogens is 2. The third-order valence-electron chi connectivity index (χ3n) is 2.84. The molecule has 0 saturated heterocycles. The molecular formula is C13H11BrN4O3. The van der Waals surface area contributed by atoms with Crippen LogP contribution in [0.3, 0.4) is 0 Å². The van der Waals surface area contributed by atoms with Crippen molar-refractivity contribution in [1.29, 1.82) is 5.26 Å². The molecule has 0 aliphatic carbocycles. The Morgan fingerprint density at radius 1 is 1.57 bits per heavy atom. The molecule has 0 aliphatic heterocycles. The standard InChI is InChI=1S/C13H11BrN4O3/c1-2-17-12(16-7-13(17)18(19)20)8-21-11-4-3-10(14)5-9(11)6-15/h3-5,7H,2,8H2,1H3. The van der Waals surface area contributed by atoms with Crippen LogP contribution in [0.4, 0.5) is 5.82 Å². The molecule has 0 aliphatic rings. The number of ether oxygens (including phenoxy) is 1. The second-order valence-electron chi connectivity index (χ2n) is 4.07. The number of nitro groups is 1. The fourth-order valence-electron chi connectivity index (χ4n) is 1.87. The fourth-order valence-corrected chi connectivity index (χ4v) is 2.23. The minimum Gasteiger partial charge on any atom is -0.482 e. The molecule has 2 rings (SSSR count). The van der Waals surface area contributed by atoms with Crippen LogP contribution >= 0.6 is 15.9 Å². The number of hydrogen-bond acceptors (Lipinski definition) is 5. The van der Waals surface area contributed by atoms with Crippen molar-refractivity contribution in [2.75, 3.05) is 0 Å². The van der Waals surface area contributed by atoms with Gasteiger partial charge >= 0.3 is 5.82 Å². The highest BCUT2D eigenvalue weighted by atomic mass is 79.9. The summed E-state index contributed by atoms with van der Waals surface area (Å²) in [6.45, 7) is 2.26. The van der Waals surface area contributed by atoms with E-state index in [1.54, 1.807) is 25.1 Å². The van der Waals surface area contributed by atoms with Crippen LogP contribution in [-0.2, 0) is 13.2 Å². The van der Waals surface area contributed by atoms with Gasteiger partial charge in [0.05, 0.1) is 12.1 Å².